The van der Waals surface area contributed by atoms with Crippen LogP contribution in [-0.4, -0.2) is 28.5 Å². The average molecular weight is 297 g/mol. The van der Waals surface area contributed by atoms with Crippen LogP contribution in [0.2, 0.25) is 0 Å². The van der Waals surface area contributed by atoms with E-state index < -0.39 is 0 Å². The molecule has 0 unspecified atom stereocenters. The monoisotopic (exact) mass is 297 g/mol. The lowest BCUT2D eigenvalue weighted by atomic mass is 10.1. The van der Waals surface area contributed by atoms with Gasteiger partial charge >= 0.3 is 0 Å². The SMILES string of the molecule is O=C(NNC1=NCCCCC1)c1cc(-c2ccccc2)n[nH]1. The highest BCUT2D eigenvalue weighted by molar-refractivity contribution is 5.95. The number of aliphatic imine (C=N–C) groups is 1. The molecule has 0 aliphatic carbocycles. The van der Waals surface area contributed by atoms with Gasteiger partial charge in [0, 0.05) is 18.5 Å². The molecule has 1 aliphatic heterocycles. The molecule has 6 heteroatoms. The molecular weight excluding hydrogens is 278 g/mol. The number of amidine groups is 1. The molecule has 3 N–H and O–H groups in total. The molecule has 0 saturated heterocycles. The Morgan fingerprint density at radius 2 is 2.00 bits per heavy atom. The molecule has 3 rings (SSSR count). The summed E-state index contributed by atoms with van der Waals surface area (Å²) >= 11 is 0. The van der Waals surface area contributed by atoms with Crippen molar-refractivity contribution in [3.8, 4) is 11.3 Å². The summed E-state index contributed by atoms with van der Waals surface area (Å²) in [5.41, 5.74) is 7.72. The first kappa shape index (κ1) is 14.3. The maximum absolute atomic E-state index is 12.1. The molecule has 2 heterocycles. The number of rotatable bonds is 2. The summed E-state index contributed by atoms with van der Waals surface area (Å²) in [5.74, 6) is 0.593. The van der Waals surface area contributed by atoms with Gasteiger partial charge < -0.3 is 0 Å². The molecule has 0 atom stereocenters. The van der Waals surface area contributed by atoms with Crippen molar-refractivity contribution in [3.05, 3.63) is 42.1 Å². The Morgan fingerprint density at radius 3 is 2.86 bits per heavy atom. The van der Waals surface area contributed by atoms with Gasteiger partial charge in [-0.15, -0.1) is 0 Å². The first-order valence-electron chi connectivity index (χ1n) is 7.53. The van der Waals surface area contributed by atoms with Crippen molar-refractivity contribution in [2.75, 3.05) is 6.54 Å². The van der Waals surface area contributed by atoms with Crippen LogP contribution < -0.4 is 10.9 Å². The van der Waals surface area contributed by atoms with Crippen molar-refractivity contribution in [3.63, 3.8) is 0 Å². The fourth-order valence-corrected chi connectivity index (χ4v) is 2.37. The Labute approximate surface area is 129 Å². The molecule has 22 heavy (non-hydrogen) atoms. The number of carbonyl (C=O) groups excluding carboxylic acids is 1. The number of H-pyrrole nitrogens is 1. The van der Waals surface area contributed by atoms with E-state index in [0.29, 0.717) is 5.69 Å². The van der Waals surface area contributed by atoms with Gasteiger partial charge in [-0.3, -0.25) is 25.7 Å². The van der Waals surface area contributed by atoms with E-state index in [1.807, 2.05) is 30.3 Å². The van der Waals surface area contributed by atoms with Crippen LogP contribution in [-0.2, 0) is 0 Å². The molecule has 1 amide bonds. The molecule has 0 saturated carbocycles. The minimum atomic E-state index is -0.248. The van der Waals surface area contributed by atoms with Gasteiger partial charge in [0.15, 0.2) is 0 Å². The second-order valence-corrected chi connectivity index (χ2v) is 5.25. The normalized spacial score (nSPS) is 14.8. The highest BCUT2D eigenvalue weighted by Crippen LogP contribution is 2.16. The van der Waals surface area contributed by atoms with Gasteiger partial charge in [0.1, 0.15) is 11.5 Å². The molecule has 114 valence electrons. The second kappa shape index (κ2) is 6.89. The van der Waals surface area contributed by atoms with E-state index >= 15 is 0 Å². The Hall–Kier alpha value is -2.63. The number of nitrogens with one attached hydrogen (secondary N) is 3. The molecule has 6 nitrogen and oxygen atoms in total. The van der Waals surface area contributed by atoms with Crippen LogP contribution in [0, 0.1) is 0 Å². The standard InChI is InChI=1S/C16H19N5O/c22-16(21-20-15-9-5-2-6-10-17-15)14-11-13(18-19-14)12-7-3-1-4-8-12/h1,3-4,7-8,11H,2,5-6,9-10H2,(H,17,20)(H,18,19)(H,21,22). The summed E-state index contributed by atoms with van der Waals surface area (Å²) in [6.45, 7) is 0.820. The minimum Gasteiger partial charge on any atom is -0.285 e. The lowest BCUT2D eigenvalue weighted by Gasteiger charge is -2.08. The van der Waals surface area contributed by atoms with E-state index in [1.54, 1.807) is 6.07 Å². The lowest BCUT2D eigenvalue weighted by molar-refractivity contribution is 0.0938. The van der Waals surface area contributed by atoms with Crippen LogP contribution in [0.15, 0.2) is 41.4 Å². The number of hydrogen-bond acceptors (Lipinski definition) is 4. The molecule has 1 aromatic heterocycles. The summed E-state index contributed by atoms with van der Waals surface area (Å²) in [5, 5.41) is 6.94. The van der Waals surface area contributed by atoms with Crippen molar-refractivity contribution in [1.29, 1.82) is 0 Å². The number of hydrogen-bond donors (Lipinski definition) is 3. The largest absolute Gasteiger partial charge is 0.287 e. The van der Waals surface area contributed by atoms with E-state index in [1.165, 1.54) is 6.42 Å². The Morgan fingerprint density at radius 1 is 1.14 bits per heavy atom. The van der Waals surface area contributed by atoms with Crippen LogP contribution in [0.25, 0.3) is 11.3 Å². The van der Waals surface area contributed by atoms with E-state index in [2.05, 4.69) is 26.0 Å². The van der Waals surface area contributed by atoms with Crippen LogP contribution in [0.4, 0.5) is 0 Å². The smallest absolute Gasteiger partial charge is 0.285 e. The first-order valence-corrected chi connectivity index (χ1v) is 7.53. The third kappa shape index (κ3) is 3.52. The molecular formula is C16H19N5O. The predicted molar refractivity (Wildman–Crippen MR) is 85.4 cm³/mol. The van der Waals surface area contributed by atoms with Crippen molar-refractivity contribution in [2.24, 2.45) is 4.99 Å². The molecule has 2 aromatic rings. The van der Waals surface area contributed by atoms with Crippen molar-refractivity contribution >= 4 is 11.7 Å². The third-order valence-corrected chi connectivity index (χ3v) is 3.59. The molecule has 1 aromatic carbocycles. The second-order valence-electron chi connectivity index (χ2n) is 5.25. The third-order valence-electron chi connectivity index (χ3n) is 3.59. The molecule has 0 bridgehead atoms. The number of hydrazine groups is 1. The van der Waals surface area contributed by atoms with E-state index in [4.69, 9.17) is 0 Å². The average Bonchev–Trinajstić information content (AvgIpc) is 2.91. The Kier molecular flexibility index (Phi) is 4.48. The zero-order chi connectivity index (χ0) is 15.2. The van der Waals surface area contributed by atoms with Gasteiger partial charge in [0.05, 0.1) is 5.69 Å². The zero-order valence-corrected chi connectivity index (χ0v) is 12.3. The number of aromatic nitrogens is 2. The number of benzene rings is 1. The maximum atomic E-state index is 12.1. The van der Waals surface area contributed by atoms with Crippen LogP contribution >= 0.6 is 0 Å². The summed E-state index contributed by atoms with van der Waals surface area (Å²) in [4.78, 5) is 16.5. The van der Waals surface area contributed by atoms with E-state index in [0.717, 1.165) is 42.9 Å². The van der Waals surface area contributed by atoms with Gasteiger partial charge in [-0.1, -0.05) is 36.8 Å². The van der Waals surface area contributed by atoms with E-state index in [9.17, 15) is 4.79 Å². The summed E-state index contributed by atoms with van der Waals surface area (Å²) in [6.07, 6.45) is 4.27. The Balaban J connectivity index is 1.61. The quantitative estimate of drug-likeness (QED) is 0.744. The summed E-state index contributed by atoms with van der Waals surface area (Å²) < 4.78 is 0. The summed E-state index contributed by atoms with van der Waals surface area (Å²) in [7, 11) is 0. The van der Waals surface area contributed by atoms with Crippen molar-refractivity contribution in [2.45, 2.75) is 25.7 Å². The predicted octanol–water partition coefficient (Wildman–Crippen LogP) is 2.28. The number of aromatic amines is 1. The number of carbonyl (C=O) groups is 1. The van der Waals surface area contributed by atoms with Crippen LogP contribution in [0.3, 0.4) is 0 Å². The fraction of sp³-hybridized carbons (Fsp3) is 0.312. The highest BCUT2D eigenvalue weighted by Gasteiger charge is 2.11. The van der Waals surface area contributed by atoms with Crippen molar-refractivity contribution in [1.82, 2.24) is 21.0 Å². The minimum absolute atomic E-state index is 0.248. The maximum Gasteiger partial charge on any atom is 0.287 e. The Bertz CT molecular complexity index is 662. The van der Waals surface area contributed by atoms with Gasteiger partial charge in [-0.25, -0.2) is 0 Å². The van der Waals surface area contributed by atoms with Gasteiger partial charge in [-0.2, -0.15) is 5.10 Å². The molecule has 0 spiro atoms. The number of amides is 1. The zero-order valence-electron chi connectivity index (χ0n) is 12.3. The number of nitrogens with zero attached hydrogens (tertiary/aromatic N) is 2. The van der Waals surface area contributed by atoms with Crippen molar-refractivity contribution < 1.29 is 4.79 Å². The molecule has 0 radical (unpaired) electrons. The van der Waals surface area contributed by atoms with Gasteiger partial charge in [0.2, 0.25) is 0 Å². The molecule has 1 aliphatic rings. The van der Waals surface area contributed by atoms with E-state index in [-0.39, 0.29) is 5.91 Å². The van der Waals surface area contributed by atoms with Gasteiger partial charge in [-0.05, 0) is 18.9 Å². The lowest BCUT2D eigenvalue weighted by Crippen LogP contribution is -2.41. The fourth-order valence-electron chi connectivity index (χ4n) is 2.37. The van der Waals surface area contributed by atoms with Crippen LogP contribution in [0.1, 0.15) is 36.2 Å². The van der Waals surface area contributed by atoms with Gasteiger partial charge in [0.25, 0.3) is 5.91 Å². The topological polar surface area (TPSA) is 82.2 Å². The van der Waals surface area contributed by atoms with Crippen LogP contribution in [0.5, 0.6) is 0 Å². The first-order chi connectivity index (χ1) is 10.8. The molecule has 0 fully saturated rings. The highest BCUT2D eigenvalue weighted by atomic mass is 16.2. The summed E-state index contributed by atoms with van der Waals surface area (Å²) in [6, 6.07) is 11.5.